The molecule has 0 fully saturated rings. The molecule has 152 valence electrons. The summed E-state index contributed by atoms with van der Waals surface area (Å²) >= 11 is 0. The second kappa shape index (κ2) is 6.99. The molecule has 0 spiro atoms. The molecule has 30 heavy (non-hydrogen) atoms. The number of carboxylic acids is 1. The van der Waals surface area contributed by atoms with Gasteiger partial charge in [0.15, 0.2) is 11.5 Å². The zero-order valence-electron chi connectivity index (χ0n) is 16.2. The van der Waals surface area contributed by atoms with Crippen molar-refractivity contribution in [2.24, 2.45) is 5.92 Å². The normalized spacial score (nSPS) is 21.3. The number of fused-ring (bicyclic) bond motifs is 2. The molecule has 1 aliphatic heterocycles. The lowest BCUT2D eigenvalue weighted by molar-refractivity contribution is -0.142. The van der Waals surface area contributed by atoms with E-state index >= 15 is 0 Å². The van der Waals surface area contributed by atoms with Gasteiger partial charge in [0.05, 0.1) is 13.0 Å². The van der Waals surface area contributed by atoms with E-state index in [0.29, 0.717) is 17.2 Å². The first-order valence-electron chi connectivity index (χ1n) is 9.66. The Balaban J connectivity index is 1.68. The number of hydrogen-bond acceptors (Lipinski definition) is 5. The lowest BCUT2D eigenvalue weighted by Crippen LogP contribution is -2.23. The molecule has 0 amide bonds. The van der Waals surface area contributed by atoms with Gasteiger partial charge in [0, 0.05) is 11.8 Å². The quantitative estimate of drug-likeness (QED) is 0.681. The largest absolute Gasteiger partial charge is 0.508 e. The molecule has 0 saturated carbocycles. The number of rotatable bonds is 4. The van der Waals surface area contributed by atoms with E-state index in [9.17, 15) is 15.0 Å². The summed E-state index contributed by atoms with van der Waals surface area (Å²) in [7, 11) is 1.59. The maximum Gasteiger partial charge on any atom is 0.308 e. The Morgan fingerprint density at radius 1 is 0.900 bits per heavy atom. The van der Waals surface area contributed by atoms with E-state index in [1.54, 1.807) is 19.2 Å². The Labute approximate surface area is 173 Å². The third-order valence-corrected chi connectivity index (χ3v) is 5.97. The molecular formula is C24H20O6. The predicted octanol–water partition coefficient (Wildman–Crippen LogP) is 4.11. The fourth-order valence-corrected chi connectivity index (χ4v) is 4.67. The van der Waals surface area contributed by atoms with Crippen molar-refractivity contribution in [3.8, 4) is 23.0 Å². The van der Waals surface area contributed by atoms with E-state index in [0.717, 1.165) is 22.3 Å². The van der Waals surface area contributed by atoms with Crippen LogP contribution in [0.2, 0.25) is 0 Å². The van der Waals surface area contributed by atoms with Gasteiger partial charge in [0.1, 0.15) is 11.5 Å². The van der Waals surface area contributed by atoms with Crippen LogP contribution >= 0.6 is 0 Å². The van der Waals surface area contributed by atoms with Crippen LogP contribution in [0.1, 0.15) is 34.1 Å². The van der Waals surface area contributed by atoms with Crippen molar-refractivity contribution in [1.82, 2.24) is 0 Å². The summed E-state index contributed by atoms with van der Waals surface area (Å²) in [5.74, 6) is -0.351. The van der Waals surface area contributed by atoms with Crippen molar-refractivity contribution in [2.45, 2.75) is 11.8 Å². The summed E-state index contributed by atoms with van der Waals surface area (Å²) in [4.78, 5) is 12.5. The van der Waals surface area contributed by atoms with Gasteiger partial charge in [-0.3, -0.25) is 4.79 Å². The van der Waals surface area contributed by atoms with Crippen LogP contribution in [0.3, 0.4) is 0 Å². The highest BCUT2D eigenvalue weighted by molar-refractivity contribution is 5.78. The number of benzene rings is 3. The van der Waals surface area contributed by atoms with Crippen molar-refractivity contribution in [3.63, 3.8) is 0 Å². The van der Waals surface area contributed by atoms with Gasteiger partial charge < -0.3 is 24.4 Å². The van der Waals surface area contributed by atoms with Crippen LogP contribution in [0.5, 0.6) is 23.0 Å². The number of phenols is 1. The molecule has 1 heterocycles. The SMILES string of the molecule is COc1ccc(C2c3cc(O)ccc3C(c3ccc4c(c3)OCO4)[C@H]2C(=O)O)cc1. The topological polar surface area (TPSA) is 85.2 Å². The van der Waals surface area contributed by atoms with Crippen molar-refractivity contribution < 1.29 is 29.2 Å². The van der Waals surface area contributed by atoms with Crippen molar-refractivity contribution in [3.05, 3.63) is 82.9 Å². The Kier molecular flexibility index (Phi) is 4.28. The molecule has 0 bridgehead atoms. The lowest BCUT2D eigenvalue weighted by atomic mass is 9.79. The van der Waals surface area contributed by atoms with Gasteiger partial charge >= 0.3 is 5.97 Å². The van der Waals surface area contributed by atoms with Crippen LogP contribution in [0.25, 0.3) is 0 Å². The fraction of sp³-hybridized carbons (Fsp3) is 0.208. The van der Waals surface area contributed by atoms with E-state index in [1.165, 1.54) is 0 Å². The van der Waals surface area contributed by atoms with Crippen LogP contribution in [0.15, 0.2) is 60.7 Å². The third-order valence-electron chi connectivity index (χ3n) is 5.97. The minimum atomic E-state index is -0.894. The molecule has 2 N–H and O–H groups in total. The van der Waals surface area contributed by atoms with Crippen molar-refractivity contribution >= 4 is 5.97 Å². The number of aliphatic carboxylic acids is 1. The highest BCUT2D eigenvalue weighted by atomic mass is 16.7. The second-order valence-corrected chi connectivity index (χ2v) is 7.52. The molecule has 2 unspecified atom stereocenters. The summed E-state index contributed by atoms with van der Waals surface area (Å²) in [5, 5.41) is 20.4. The van der Waals surface area contributed by atoms with Gasteiger partial charge in [-0.2, -0.15) is 0 Å². The maximum absolute atomic E-state index is 12.5. The minimum absolute atomic E-state index is 0.114. The Morgan fingerprint density at radius 2 is 1.60 bits per heavy atom. The fourth-order valence-electron chi connectivity index (χ4n) is 4.67. The molecule has 0 aromatic heterocycles. The minimum Gasteiger partial charge on any atom is -0.508 e. The smallest absolute Gasteiger partial charge is 0.308 e. The summed E-state index contributed by atoms with van der Waals surface area (Å²) < 4.78 is 16.2. The van der Waals surface area contributed by atoms with E-state index in [2.05, 4.69) is 0 Å². The second-order valence-electron chi connectivity index (χ2n) is 7.52. The van der Waals surface area contributed by atoms with Crippen LogP contribution in [-0.4, -0.2) is 30.1 Å². The van der Waals surface area contributed by atoms with E-state index in [4.69, 9.17) is 14.2 Å². The first-order valence-corrected chi connectivity index (χ1v) is 9.66. The summed E-state index contributed by atoms with van der Waals surface area (Å²) in [6.45, 7) is 0.157. The average molecular weight is 404 g/mol. The third kappa shape index (κ3) is 2.84. The number of hydrogen-bond donors (Lipinski definition) is 2. The molecule has 0 radical (unpaired) electrons. The lowest BCUT2D eigenvalue weighted by Gasteiger charge is -2.23. The number of carbonyl (C=O) groups is 1. The van der Waals surface area contributed by atoms with Gasteiger partial charge in [0.25, 0.3) is 0 Å². The van der Waals surface area contributed by atoms with Crippen LogP contribution in [0.4, 0.5) is 0 Å². The first kappa shape index (κ1) is 18.4. The van der Waals surface area contributed by atoms with E-state index in [1.807, 2.05) is 48.5 Å². The van der Waals surface area contributed by atoms with Gasteiger partial charge in [-0.1, -0.05) is 24.3 Å². The molecular weight excluding hydrogens is 384 g/mol. The number of ether oxygens (including phenoxy) is 3. The molecule has 3 aromatic rings. The molecule has 0 saturated heterocycles. The Bertz CT molecular complexity index is 1120. The molecule has 6 nitrogen and oxygen atoms in total. The molecule has 3 atom stereocenters. The molecule has 3 aromatic carbocycles. The van der Waals surface area contributed by atoms with Crippen LogP contribution in [0, 0.1) is 5.92 Å². The summed E-state index contributed by atoms with van der Waals surface area (Å²) in [5.41, 5.74) is 3.41. The first-order chi connectivity index (χ1) is 14.6. The summed E-state index contributed by atoms with van der Waals surface area (Å²) in [6, 6.07) is 18.1. The highest BCUT2D eigenvalue weighted by Crippen LogP contribution is 2.54. The zero-order valence-corrected chi connectivity index (χ0v) is 16.2. The van der Waals surface area contributed by atoms with Crippen LogP contribution < -0.4 is 14.2 Å². The average Bonchev–Trinajstić information content (AvgIpc) is 3.35. The van der Waals surface area contributed by atoms with Crippen LogP contribution in [-0.2, 0) is 4.79 Å². The van der Waals surface area contributed by atoms with Gasteiger partial charge in [-0.15, -0.1) is 0 Å². The molecule has 5 rings (SSSR count). The summed E-state index contributed by atoms with van der Waals surface area (Å²) in [6.07, 6.45) is 0. The maximum atomic E-state index is 12.5. The van der Waals surface area contributed by atoms with Gasteiger partial charge in [-0.05, 0) is 58.7 Å². The molecule has 6 heteroatoms. The van der Waals surface area contributed by atoms with Gasteiger partial charge in [-0.25, -0.2) is 0 Å². The number of methoxy groups -OCH3 is 1. The Morgan fingerprint density at radius 3 is 2.33 bits per heavy atom. The van der Waals surface area contributed by atoms with Crippen molar-refractivity contribution in [2.75, 3.05) is 13.9 Å². The molecule has 2 aliphatic rings. The highest BCUT2D eigenvalue weighted by Gasteiger charge is 2.46. The number of carboxylic acid groups (broad SMARTS) is 1. The molecule has 1 aliphatic carbocycles. The standard InChI is InChI=1S/C24H20O6/c1-28-16-6-2-13(3-7-16)21-18-11-15(25)5-8-17(18)22(23(21)24(26)27)14-4-9-19-20(10-14)30-12-29-19/h2-11,21-23,25H,12H2,1H3,(H,26,27)/t21?,22?,23-/m0/s1. The number of phenolic OH excluding ortho intramolecular Hbond substituents is 1. The van der Waals surface area contributed by atoms with E-state index in [-0.39, 0.29) is 18.5 Å². The van der Waals surface area contributed by atoms with E-state index < -0.39 is 17.8 Å². The Hall–Kier alpha value is -3.67. The number of aromatic hydroxyl groups is 1. The monoisotopic (exact) mass is 404 g/mol. The van der Waals surface area contributed by atoms with Gasteiger partial charge in [0.2, 0.25) is 6.79 Å². The van der Waals surface area contributed by atoms with Crippen molar-refractivity contribution in [1.29, 1.82) is 0 Å². The predicted molar refractivity (Wildman–Crippen MR) is 108 cm³/mol. The zero-order chi connectivity index (χ0) is 20.8.